The number of halogens is 4. The number of anilines is 1. The predicted octanol–water partition coefficient (Wildman–Crippen LogP) is 6.00. The van der Waals surface area contributed by atoms with Crippen molar-refractivity contribution in [3.05, 3.63) is 105 Å². The number of nitrogens with one attached hydrogen (secondary N) is 1. The van der Waals surface area contributed by atoms with Crippen molar-refractivity contribution in [3.8, 4) is 0 Å². The first-order chi connectivity index (χ1) is 22.2. The lowest BCUT2D eigenvalue weighted by molar-refractivity contribution is -0.138. The van der Waals surface area contributed by atoms with Gasteiger partial charge in [-0.2, -0.15) is 18.3 Å². The number of alkyl halides is 3. The number of likely N-dealkylation sites (tertiary alicyclic amines) is 1. The van der Waals surface area contributed by atoms with Crippen LogP contribution in [0.5, 0.6) is 0 Å². The number of aryl methyl sites for hydroxylation is 1. The lowest BCUT2D eigenvalue weighted by atomic mass is 9.95. The van der Waals surface area contributed by atoms with Crippen LogP contribution >= 0.6 is 12.2 Å². The third-order valence-electron chi connectivity index (χ3n) is 9.04. The maximum Gasteiger partial charge on any atom is 0.416 e. The summed E-state index contributed by atoms with van der Waals surface area (Å²) in [6, 6.07) is 14.8. The third-order valence-corrected chi connectivity index (χ3v) is 9.41. The van der Waals surface area contributed by atoms with Gasteiger partial charge in [-0.15, -0.1) is 0 Å². The van der Waals surface area contributed by atoms with E-state index in [1.54, 1.807) is 54.0 Å². The van der Waals surface area contributed by atoms with Gasteiger partial charge in [0.25, 0.3) is 17.4 Å². The topological polar surface area (TPSA) is 89.6 Å². The molecule has 0 saturated carbocycles. The normalized spacial score (nSPS) is 17.2. The number of H-pyrrole nitrogens is 1. The minimum Gasteiger partial charge on any atom is -0.338 e. The van der Waals surface area contributed by atoms with Gasteiger partial charge in [0.1, 0.15) is 11.4 Å². The van der Waals surface area contributed by atoms with E-state index in [0.29, 0.717) is 34.9 Å². The van der Waals surface area contributed by atoms with Crippen molar-refractivity contribution in [1.29, 1.82) is 0 Å². The van der Waals surface area contributed by atoms with E-state index in [2.05, 4.69) is 10.2 Å². The Hall–Kier alpha value is -4.65. The molecule has 2 aliphatic rings. The first kappa shape index (κ1) is 32.3. The van der Waals surface area contributed by atoms with Crippen molar-refractivity contribution >= 4 is 45.6 Å². The molecule has 0 bridgehead atoms. The van der Waals surface area contributed by atoms with E-state index in [-0.39, 0.29) is 53.0 Å². The number of hydrogen-bond donors (Lipinski definition) is 1. The fraction of sp³-hybridized carbons (Fsp3) is 0.324. The zero-order valence-electron chi connectivity index (χ0n) is 25.8. The summed E-state index contributed by atoms with van der Waals surface area (Å²) >= 11 is 5.69. The molecule has 2 fully saturated rings. The highest BCUT2D eigenvalue weighted by Gasteiger charge is 2.52. The molecule has 0 spiro atoms. The highest BCUT2D eigenvalue weighted by molar-refractivity contribution is 7.80. The Morgan fingerprint density at radius 2 is 1.70 bits per heavy atom. The molecule has 3 aromatic carbocycles. The average Bonchev–Trinajstić information content (AvgIpc) is 3.21. The molecule has 0 aliphatic carbocycles. The van der Waals surface area contributed by atoms with Crippen LogP contribution in [-0.4, -0.2) is 61.6 Å². The standard InChI is InChI=1S/C34H31F4N5O3S/c1-19-8-10-22(18-26(19)34(36,37)38)42-31(46)33(2,3)43(32(42)47)21-12-14-41(15-13-21)30(45)25-16-20(9-11-27(25)35)17-28-23-6-4-5-7-24(23)29(44)40-39-28/h4-11,16,18,21H,12-15,17H2,1-3H3,(H,40,44). The number of carbonyl (C=O) groups excluding carboxylic acids is 2. The molecule has 8 nitrogen and oxygen atoms in total. The lowest BCUT2D eigenvalue weighted by Crippen LogP contribution is -2.54. The van der Waals surface area contributed by atoms with Crippen LogP contribution in [0, 0.1) is 12.7 Å². The van der Waals surface area contributed by atoms with Gasteiger partial charge in [-0.1, -0.05) is 30.3 Å². The SMILES string of the molecule is Cc1ccc(N2C(=O)C(C)(C)N(C3CCN(C(=O)c4cc(Cc5n[nH]c(=O)c6ccccc56)ccc4F)CC3)C2=S)cc1C(F)(F)F. The van der Waals surface area contributed by atoms with Gasteiger partial charge < -0.3 is 9.80 Å². The molecule has 1 aromatic heterocycles. The lowest BCUT2D eigenvalue weighted by Gasteiger charge is -2.42. The van der Waals surface area contributed by atoms with Crippen LogP contribution in [0.15, 0.2) is 65.5 Å². The molecule has 1 N–H and O–H groups in total. The average molecular weight is 666 g/mol. The Morgan fingerprint density at radius 3 is 2.38 bits per heavy atom. The maximum absolute atomic E-state index is 15.0. The number of rotatable bonds is 5. The van der Waals surface area contributed by atoms with Gasteiger partial charge in [-0.05, 0) is 87.3 Å². The summed E-state index contributed by atoms with van der Waals surface area (Å²) in [5, 5.41) is 7.92. The number of piperidine rings is 1. The van der Waals surface area contributed by atoms with E-state index in [4.69, 9.17) is 12.2 Å². The van der Waals surface area contributed by atoms with Crippen LogP contribution in [0.25, 0.3) is 10.8 Å². The summed E-state index contributed by atoms with van der Waals surface area (Å²) in [6.45, 7) is 5.23. The van der Waals surface area contributed by atoms with E-state index in [1.165, 1.54) is 31.2 Å². The number of aromatic nitrogens is 2. The molecule has 0 radical (unpaired) electrons. The molecule has 13 heteroatoms. The predicted molar refractivity (Wildman–Crippen MR) is 173 cm³/mol. The van der Waals surface area contributed by atoms with Crippen LogP contribution in [-0.2, 0) is 17.4 Å². The van der Waals surface area contributed by atoms with Crippen molar-refractivity contribution in [2.75, 3.05) is 18.0 Å². The summed E-state index contributed by atoms with van der Waals surface area (Å²) in [6.07, 6.45) is -3.51. The van der Waals surface area contributed by atoms with Crippen LogP contribution in [0.3, 0.4) is 0 Å². The summed E-state index contributed by atoms with van der Waals surface area (Å²) in [7, 11) is 0. The molecule has 244 valence electrons. The van der Waals surface area contributed by atoms with Gasteiger partial charge in [0, 0.05) is 30.9 Å². The fourth-order valence-electron chi connectivity index (χ4n) is 6.55. The monoisotopic (exact) mass is 665 g/mol. The van der Waals surface area contributed by atoms with Crippen LogP contribution in [0.4, 0.5) is 23.2 Å². The Labute approximate surface area is 273 Å². The van der Waals surface area contributed by atoms with Gasteiger partial charge in [0.2, 0.25) is 0 Å². The fourth-order valence-corrected chi connectivity index (χ4v) is 7.11. The maximum atomic E-state index is 15.0. The van der Waals surface area contributed by atoms with Gasteiger partial charge in [0.05, 0.1) is 27.9 Å². The Kier molecular flexibility index (Phi) is 8.15. The second kappa shape index (κ2) is 11.9. The highest BCUT2D eigenvalue weighted by Crippen LogP contribution is 2.39. The van der Waals surface area contributed by atoms with Crippen molar-refractivity contribution < 1.29 is 27.2 Å². The van der Waals surface area contributed by atoms with Crippen molar-refractivity contribution in [3.63, 3.8) is 0 Å². The number of amides is 2. The van der Waals surface area contributed by atoms with Gasteiger partial charge in [0.15, 0.2) is 5.11 Å². The van der Waals surface area contributed by atoms with E-state index < -0.39 is 34.9 Å². The van der Waals surface area contributed by atoms with E-state index >= 15 is 4.39 Å². The molecule has 2 saturated heterocycles. The van der Waals surface area contributed by atoms with Crippen molar-refractivity contribution in [2.45, 2.75) is 57.8 Å². The summed E-state index contributed by atoms with van der Waals surface area (Å²) in [5.74, 6) is -1.59. The number of aromatic amines is 1. The summed E-state index contributed by atoms with van der Waals surface area (Å²) in [4.78, 5) is 43.8. The Bertz CT molecular complexity index is 1980. The largest absolute Gasteiger partial charge is 0.416 e. The highest BCUT2D eigenvalue weighted by atomic mass is 32.1. The van der Waals surface area contributed by atoms with E-state index in [1.807, 2.05) is 0 Å². The second-order valence-electron chi connectivity index (χ2n) is 12.4. The van der Waals surface area contributed by atoms with Gasteiger partial charge in [-0.3, -0.25) is 19.3 Å². The van der Waals surface area contributed by atoms with Gasteiger partial charge >= 0.3 is 6.18 Å². The van der Waals surface area contributed by atoms with Crippen molar-refractivity contribution in [1.82, 2.24) is 20.0 Å². The number of nitrogens with zero attached hydrogens (tertiary/aromatic N) is 4. The summed E-state index contributed by atoms with van der Waals surface area (Å²) < 4.78 is 56.0. The number of carbonyl (C=O) groups is 2. The number of benzene rings is 3. The molecule has 3 heterocycles. The van der Waals surface area contributed by atoms with Crippen LogP contribution in [0.2, 0.25) is 0 Å². The molecule has 0 unspecified atom stereocenters. The first-order valence-electron chi connectivity index (χ1n) is 15.1. The summed E-state index contributed by atoms with van der Waals surface area (Å²) in [5.41, 5.74) is -1.08. The number of fused-ring (bicyclic) bond motifs is 1. The quantitative estimate of drug-likeness (QED) is 0.208. The van der Waals surface area contributed by atoms with Crippen LogP contribution in [0.1, 0.15) is 59.4 Å². The molecule has 6 rings (SSSR count). The Balaban J connectivity index is 1.18. The zero-order chi connectivity index (χ0) is 33.8. The number of thiocarbonyl (C=S) groups is 1. The first-order valence-corrected chi connectivity index (χ1v) is 15.5. The molecule has 2 amide bonds. The molecule has 2 aliphatic heterocycles. The zero-order valence-corrected chi connectivity index (χ0v) is 26.6. The number of hydrogen-bond acceptors (Lipinski definition) is 5. The van der Waals surface area contributed by atoms with Crippen LogP contribution < -0.4 is 10.5 Å². The van der Waals surface area contributed by atoms with Crippen molar-refractivity contribution in [2.24, 2.45) is 0 Å². The molecular weight excluding hydrogens is 634 g/mol. The minimum absolute atomic E-state index is 0.0375. The molecule has 4 aromatic rings. The molecular formula is C34H31F4N5O3S. The Morgan fingerprint density at radius 1 is 1.02 bits per heavy atom. The van der Waals surface area contributed by atoms with E-state index in [0.717, 1.165) is 11.0 Å². The third kappa shape index (κ3) is 5.77. The van der Waals surface area contributed by atoms with Gasteiger partial charge in [-0.25, -0.2) is 9.49 Å². The minimum atomic E-state index is -4.59. The molecule has 47 heavy (non-hydrogen) atoms. The smallest absolute Gasteiger partial charge is 0.338 e. The molecule has 0 atom stereocenters. The second-order valence-corrected chi connectivity index (χ2v) is 12.8. The van der Waals surface area contributed by atoms with E-state index in [9.17, 15) is 27.6 Å².